The molecule has 0 spiro atoms. The van der Waals surface area contributed by atoms with Gasteiger partial charge in [0.2, 0.25) is 5.91 Å². The molecule has 1 unspecified atom stereocenters. The number of carbonyl (C=O) groups is 1. The van der Waals surface area contributed by atoms with Crippen LogP contribution in [0.2, 0.25) is 0 Å². The molecule has 0 heterocycles. The second-order valence-corrected chi connectivity index (χ2v) is 4.60. The van der Waals surface area contributed by atoms with E-state index in [0.717, 1.165) is 17.7 Å². The molecule has 0 fully saturated rings. The van der Waals surface area contributed by atoms with Crippen LogP contribution in [-0.2, 0) is 4.79 Å². The Balaban J connectivity index is 2.25. The largest absolute Gasteiger partial charge is 0.497 e. The molecule has 0 bridgehead atoms. The van der Waals surface area contributed by atoms with Crippen LogP contribution in [0, 0.1) is 0 Å². The molecule has 20 heavy (non-hydrogen) atoms. The third kappa shape index (κ3) is 6.04. The third-order valence-corrected chi connectivity index (χ3v) is 2.92. The zero-order valence-electron chi connectivity index (χ0n) is 12.2. The van der Waals surface area contributed by atoms with Gasteiger partial charge >= 0.3 is 0 Å². The minimum Gasteiger partial charge on any atom is -0.497 e. The average molecular weight is 280 g/mol. The summed E-state index contributed by atoms with van der Waals surface area (Å²) in [7, 11) is 1.60. The van der Waals surface area contributed by atoms with Crippen LogP contribution < -0.4 is 15.4 Å². The van der Waals surface area contributed by atoms with Gasteiger partial charge in [0.15, 0.2) is 0 Å². The maximum absolute atomic E-state index is 11.4. The molecule has 1 aromatic carbocycles. The molecule has 5 heteroatoms. The van der Waals surface area contributed by atoms with Gasteiger partial charge in [-0.25, -0.2) is 0 Å². The minimum absolute atomic E-state index is 0.0372. The van der Waals surface area contributed by atoms with Gasteiger partial charge in [-0.2, -0.15) is 0 Å². The minimum atomic E-state index is -0.608. The standard InChI is InChI=1S/C15H24N2O3/c1-3-8-17-15(19)7-9-16-11-14(18)12-5-4-6-13(10-12)20-2/h4-6,10,14,16,18H,3,7-9,11H2,1-2H3,(H,17,19). The van der Waals surface area contributed by atoms with E-state index in [1.165, 1.54) is 0 Å². The van der Waals surface area contributed by atoms with E-state index in [0.29, 0.717) is 26.1 Å². The molecule has 0 aromatic heterocycles. The Morgan fingerprint density at radius 3 is 2.90 bits per heavy atom. The number of hydrogen-bond donors (Lipinski definition) is 3. The highest BCUT2D eigenvalue weighted by Crippen LogP contribution is 2.18. The molecule has 5 nitrogen and oxygen atoms in total. The summed E-state index contributed by atoms with van der Waals surface area (Å²) in [5.41, 5.74) is 0.798. The lowest BCUT2D eigenvalue weighted by atomic mass is 10.1. The Bertz CT molecular complexity index is 410. The first-order chi connectivity index (χ1) is 9.67. The van der Waals surface area contributed by atoms with E-state index in [9.17, 15) is 9.90 Å². The van der Waals surface area contributed by atoms with E-state index in [-0.39, 0.29) is 5.91 Å². The van der Waals surface area contributed by atoms with Crippen LogP contribution in [0.4, 0.5) is 0 Å². The number of amides is 1. The predicted molar refractivity (Wildman–Crippen MR) is 78.7 cm³/mol. The summed E-state index contributed by atoms with van der Waals surface area (Å²) in [6.07, 6.45) is 0.752. The van der Waals surface area contributed by atoms with Crippen molar-refractivity contribution in [1.29, 1.82) is 0 Å². The lowest BCUT2D eigenvalue weighted by molar-refractivity contribution is -0.121. The van der Waals surface area contributed by atoms with Crippen molar-refractivity contribution in [3.05, 3.63) is 29.8 Å². The molecule has 0 aliphatic heterocycles. The maximum atomic E-state index is 11.4. The molecule has 0 saturated carbocycles. The van der Waals surface area contributed by atoms with Crippen molar-refractivity contribution in [2.75, 3.05) is 26.7 Å². The van der Waals surface area contributed by atoms with Gasteiger partial charge in [-0.05, 0) is 24.1 Å². The maximum Gasteiger partial charge on any atom is 0.221 e. The van der Waals surface area contributed by atoms with Crippen molar-refractivity contribution in [2.45, 2.75) is 25.9 Å². The number of methoxy groups -OCH3 is 1. The Kier molecular flexibility index (Phi) is 7.69. The number of ether oxygens (including phenoxy) is 1. The van der Waals surface area contributed by atoms with Crippen molar-refractivity contribution in [3.8, 4) is 5.75 Å². The molecule has 1 amide bonds. The Labute approximate surface area is 120 Å². The highest BCUT2D eigenvalue weighted by Gasteiger charge is 2.08. The highest BCUT2D eigenvalue weighted by molar-refractivity contribution is 5.75. The first-order valence-electron chi connectivity index (χ1n) is 6.96. The zero-order valence-corrected chi connectivity index (χ0v) is 12.2. The molecule has 0 radical (unpaired) electrons. The fraction of sp³-hybridized carbons (Fsp3) is 0.533. The molecular weight excluding hydrogens is 256 g/mol. The number of benzene rings is 1. The number of hydrogen-bond acceptors (Lipinski definition) is 4. The number of aliphatic hydroxyl groups is 1. The smallest absolute Gasteiger partial charge is 0.221 e. The van der Waals surface area contributed by atoms with Crippen molar-refractivity contribution in [1.82, 2.24) is 10.6 Å². The van der Waals surface area contributed by atoms with Crippen molar-refractivity contribution in [2.24, 2.45) is 0 Å². The van der Waals surface area contributed by atoms with Gasteiger partial charge in [0.1, 0.15) is 5.75 Å². The quantitative estimate of drug-likeness (QED) is 0.595. The van der Waals surface area contributed by atoms with E-state index >= 15 is 0 Å². The van der Waals surface area contributed by atoms with Gasteiger partial charge < -0.3 is 20.5 Å². The Morgan fingerprint density at radius 2 is 2.20 bits per heavy atom. The van der Waals surface area contributed by atoms with Gasteiger partial charge in [0, 0.05) is 26.1 Å². The predicted octanol–water partition coefficient (Wildman–Crippen LogP) is 1.23. The molecule has 0 saturated heterocycles. The fourth-order valence-corrected chi connectivity index (χ4v) is 1.76. The summed E-state index contributed by atoms with van der Waals surface area (Å²) < 4.78 is 5.12. The van der Waals surface area contributed by atoms with Gasteiger partial charge in [-0.15, -0.1) is 0 Å². The molecule has 1 aromatic rings. The van der Waals surface area contributed by atoms with E-state index in [1.807, 2.05) is 25.1 Å². The Morgan fingerprint density at radius 1 is 1.40 bits per heavy atom. The van der Waals surface area contributed by atoms with Crippen molar-refractivity contribution >= 4 is 5.91 Å². The first kappa shape index (κ1) is 16.5. The number of rotatable bonds is 9. The van der Waals surface area contributed by atoms with Crippen LogP contribution in [0.3, 0.4) is 0 Å². The third-order valence-electron chi connectivity index (χ3n) is 2.92. The summed E-state index contributed by atoms with van der Waals surface area (Å²) in [4.78, 5) is 11.4. The van der Waals surface area contributed by atoms with E-state index < -0.39 is 6.10 Å². The summed E-state index contributed by atoms with van der Waals surface area (Å²) >= 11 is 0. The van der Waals surface area contributed by atoms with Crippen LogP contribution in [0.15, 0.2) is 24.3 Å². The SMILES string of the molecule is CCCNC(=O)CCNCC(O)c1cccc(OC)c1. The first-order valence-corrected chi connectivity index (χ1v) is 6.96. The van der Waals surface area contributed by atoms with E-state index in [4.69, 9.17) is 4.74 Å². The molecule has 0 aliphatic rings. The second kappa shape index (κ2) is 9.34. The zero-order chi connectivity index (χ0) is 14.8. The summed E-state index contributed by atoms with van der Waals surface area (Å²) in [5, 5.41) is 15.9. The van der Waals surface area contributed by atoms with Crippen molar-refractivity contribution < 1.29 is 14.6 Å². The van der Waals surface area contributed by atoms with E-state index in [1.54, 1.807) is 13.2 Å². The van der Waals surface area contributed by atoms with Gasteiger partial charge in [0.05, 0.1) is 13.2 Å². The van der Waals surface area contributed by atoms with Crippen LogP contribution in [-0.4, -0.2) is 37.8 Å². The number of nitrogens with one attached hydrogen (secondary N) is 2. The average Bonchev–Trinajstić information content (AvgIpc) is 2.49. The number of carbonyl (C=O) groups excluding carboxylic acids is 1. The lowest BCUT2D eigenvalue weighted by Gasteiger charge is -2.13. The van der Waals surface area contributed by atoms with Gasteiger partial charge in [-0.3, -0.25) is 4.79 Å². The van der Waals surface area contributed by atoms with E-state index in [2.05, 4.69) is 10.6 Å². The normalized spacial score (nSPS) is 11.9. The highest BCUT2D eigenvalue weighted by atomic mass is 16.5. The van der Waals surface area contributed by atoms with Gasteiger partial charge in [0.25, 0.3) is 0 Å². The monoisotopic (exact) mass is 280 g/mol. The molecule has 3 N–H and O–H groups in total. The molecular formula is C15H24N2O3. The van der Waals surface area contributed by atoms with Crippen LogP contribution in [0.25, 0.3) is 0 Å². The fourth-order valence-electron chi connectivity index (χ4n) is 1.76. The number of aliphatic hydroxyl groups excluding tert-OH is 1. The lowest BCUT2D eigenvalue weighted by Crippen LogP contribution is -2.29. The molecule has 0 aliphatic carbocycles. The second-order valence-electron chi connectivity index (χ2n) is 4.60. The molecule has 1 rings (SSSR count). The summed E-state index contributed by atoms with van der Waals surface area (Å²) in [6.45, 7) is 3.69. The molecule has 112 valence electrons. The summed E-state index contributed by atoms with van der Waals surface area (Å²) in [5.74, 6) is 0.760. The van der Waals surface area contributed by atoms with Gasteiger partial charge in [-0.1, -0.05) is 19.1 Å². The molecule has 1 atom stereocenters. The topological polar surface area (TPSA) is 70.6 Å². The summed E-state index contributed by atoms with van der Waals surface area (Å²) in [6, 6.07) is 7.33. The van der Waals surface area contributed by atoms with Crippen LogP contribution in [0.5, 0.6) is 5.75 Å². The van der Waals surface area contributed by atoms with Crippen LogP contribution in [0.1, 0.15) is 31.4 Å². The van der Waals surface area contributed by atoms with Crippen LogP contribution >= 0.6 is 0 Å². The Hall–Kier alpha value is -1.59. The van der Waals surface area contributed by atoms with Crippen molar-refractivity contribution in [3.63, 3.8) is 0 Å².